The molecule has 1 aliphatic carbocycles. The first kappa shape index (κ1) is 6.18. The molecule has 2 unspecified atom stereocenters. The molecule has 2 heteroatoms. The second-order valence-electron chi connectivity index (χ2n) is 3.41. The fraction of sp³-hybridized carbons (Fsp3) is 0.875. The van der Waals surface area contributed by atoms with E-state index in [4.69, 9.17) is 5.26 Å². The van der Waals surface area contributed by atoms with Gasteiger partial charge in [0.1, 0.15) is 0 Å². The average Bonchev–Trinajstić information content (AvgIpc) is 2.70. The summed E-state index contributed by atoms with van der Waals surface area (Å²) in [6.45, 7) is 0.928. The molecule has 1 saturated heterocycles. The first-order chi connectivity index (χ1) is 4.90. The van der Waals surface area contributed by atoms with Crippen LogP contribution in [0.25, 0.3) is 0 Å². The van der Waals surface area contributed by atoms with Crippen molar-refractivity contribution < 1.29 is 0 Å². The van der Waals surface area contributed by atoms with Gasteiger partial charge in [0.25, 0.3) is 0 Å². The van der Waals surface area contributed by atoms with Crippen molar-refractivity contribution in [2.24, 2.45) is 11.8 Å². The summed E-state index contributed by atoms with van der Waals surface area (Å²) in [6.07, 6.45) is 3.87. The van der Waals surface area contributed by atoms with Crippen LogP contribution in [-0.4, -0.2) is 12.6 Å². The Labute approximate surface area is 61.2 Å². The molecule has 0 spiro atoms. The van der Waals surface area contributed by atoms with Crippen LogP contribution in [0.3, 0.4) is 0 Å². The zero-order chi connectivity index (χ0) is 6.97. The predicted octanol–water partition coefficient (Wildman–Crippen LogP) is 0.898. The smallest absolute Gasteiger partial charge is 0.0669 e. The van der Waals surface area contributed by atoms with Gasteiger partial charge in [0.2, 0.25) is 0 Å². The molecule has 0 amide bonds. The van der Waals surface area contributed by atoms with Crippen LogP contribution in [0, 0.1) is 23.2 Å². The monoisotopic (exact) mass is 136 g/mol. The molecule has 1 aliphatic heterocycles. The van der Waals surface area contributed by atoms with E-state index >= 15 is 0 Å². The Morgan fingerprint density at radius 3 is 2.70 bits per heavy atom. The number of nitrogens with one attached hydrogen (secondary N) is 1. The summed E-state index contributed by atoms with van der Waals surface area (Å²) in [5, 5.41) is 12.0. The number of nitriles is 1. The fourth-order valence-electron chi connectivity index (χ4n) is 1.72. The van der Waals surface area contributed by atoms with Gasteiger partial charge in [-0.2, -0.15) is 5.26 Å². The van der Waals surface area contributed by atoms with Crippen molar-refractivity contribution in [1.82, 2.24) is 5.32 Å². The third-order valence-electron chi connectivity index (χ3n) is 2.54. The Kier molecular flexibility index (Phi) is 1.39. The Bertz CT molecular complexity index is 167. The van der Waals surface area contributed by atoms with E-state index < -0.39 is 0 Å². The minimum atomic E-state index is 0.297. The van der Waals surface area contributed by atoms with Crippen LogP contribution in [0.15, 0.2) is 0 Å². The van der Waals surface area contributed by atoms with Crippen LogP contribution in [0.5, 0.6) is 0 Å². The van der Waals surface area contributed by atoms with Crippen molar-refractivity contribution in [2.75, 3.05) is 6.54 Å². The minimum Gasteiger partial charge on any atom is -0.312 e. The molecule has 2 atom stereocenters. The lowest BCUT2D eigenvalue weighted by molar-refractivity contribution is 0.533. The maximum Gasteiger partial charge on any atom is 0.0669 e. The summed E-state index contributed by atoms with van der Waals surface area (Å²) >= 11 is 0. The molecule has 2 aliphatic rings. The van der Waals surface area contributed by atoms with Gasteiger partial charge in [-0.3, -0.25) is 0 Å². The van der Waals surface area contributed by atoms with Crippen LogP contribution in [-0.2, 0) is 0 Å². The predicted molar refractivity (Wildman–Crippen MR) is 38.2 cm³/mol. The lowest BCUT2D eigenvalue weighted by Gasteiger charge is -2.05. The van der Waals surface area contributed by atoms with E-state index in [9.17, 15) is 0 Å². The third kappa shape index (κ3) is 1.02. The Morgan fingerprint density at radius 1 is 1.40 bits per heavy atom. The van der Waals surface area contributed by atoms with Crippen LogP contribution >= 0.6 is 0 Å². The molecule has 1 heterocycles. The van der Waals surface area contributed by atoms with Crippen LogP contribution < -0.4 is 5.32 Å². The molecule has 0 aromatic heterocycles. The van der Waals surface area contributed by atoms with Gasteiger partial charge in [0.15, 0.2) is 0 Å². The third-order valence-corrected chi connectivity index (χ3v) is 2.54. The highest BCUT2D eigenvalue weighted by atomic mass is 15.0. The van der Waals surface area contributed by atoms with E-state index in [2.05, 4.69) is 11.4 Å². The van der Waals surface area contributed by atoms with Crippen LogP contribution in [0.2, 0.25) is 0 Å². The summed E-state index contributed by atoms with van der Waals surface area (Å²) in [5.74, 6) is 1.21. The van der Waals surface area contributed by atoms with Crippen molar-refractivity contribution in [1.29, 1.82) is 5.26 Å². The second-order valence-corrected chi connectivity index (χ2v) is 3.41. The number of rotatable bonds is 1. The topological polar surface area (TPSA) is 35.8 Å². The Balaban J connectivity index is 1.87. The first-order valence-electron chi connectivity index (χ1n) is 4.03. The standard InChI is InChI=1S/C8H12N2/c9-4-6-3-8(10-5-6)7-1-2-7/h6-8,10H,1-3,5H2. The van der Waals surface area contributed by atoms with Crippen molar-refractivity contribution in [3.8, 4) is 6.07 Å². The van der Waals surface area contributed by atoms with Crippen LogP contribution in [0.4, 0.5) is 0 Å². The van der Waals surface area contributed by atoms with Gasteiger partial charge < -0.3 is 5.32 Å². The lowest BCUT2D eigenvalue weighted by atomic mass is 10.0. The van der Waals surface area contributed by atoms with Gasteiger partial charge in [-0.1, -0.05) is 0 Å². The molecule has 54 valence electrons. The maximum absolute atomic E-state index is 8.60. The molecule has 0 bridgehead atoms. The van der Waals surface area contributed by atoms with Crippen molar-refractivity contribution in [2.45, 2.75) is 25.3 Å². The molecule has 2 nitrogen and oxygen atoms in total. The normalized spacial score (nSPS) is 39.5. The van der Waals surface area contributed by atoms with E-state index in [1.165, 1.54) is 12.8 Å². The summed E-state index contributed by atoms with van der Waals surface area (Å²) < 4.78 is 0. The largest absolute Gasteiger partial charge is 0.312 e. The second kappa shape index (κ2) is 2.25. The van der Waals surface area contributed by atoms with E-state index in [1.54, 1.807) is 0 Å². The van der Waals surface area contributed by atoms with Gasteiger partial charge in [-0.05, 0) is 25.2 Å². The van der Waals surface area contributed by atoms with Crippen molar-refractivity contribution >= 4 is 0 Å². The first-order valence-corrected chi connectivity index (χ1v) is 4.03. The molecule has 0 aromatic rings. The molecule has 10 heavy (non-hydrogen) atoms. The van der Waals surface area contributed by atoms with Gasteiger partial charge in [-0.25, -0.2) is 0 Å². The van der Waals surface area contributed by atoms with Crippen LogP contribution in [0.1, 0.15) is 19.3 Å². The molecule has 1 saturated carbocycles. The summed E-state index contributed by atoms with van der Waals surface area (Å²) in [4.78, 5) is 0. The van der Waals surface area contributed by atoms with Crippen molar-refractivity contribution in [3.05, 3.63) is 0 Å². The average molecular weight is 136 g/mol. The zero-order valence-corrected chi connectivity index (χ0v) is 6.01. The Morgan fingerprint density at radius 2 is 2.20 bits per heavy atom. The van der Waals surface area contributed by atoms with E-state index in [1.807, 2.05) is 0 Å². The van der Waals surface area contributed by atoms with E-state index in [0.717, 1.165) is 18.9 Å². The van der Waals surface area contributed by atoms with Gasteiger partial charge in [0.05, 0.1) is 12.0 Å². The highest BCUT2D eigenvalue weighted by Crippen LogP contribution is 2.37. The molecular weight excluding hydrogens is 124 g/mol. The van der Waals surface area contributed by atoms with Gasteiger partial charge in [0, 0.05) is 12.6 Å². The summed E-state index contributed by atoms with van der Waals surface area (Å²) in [7, 11) is 0. The number of hydrogen-bond donors (Lipinski definition) is 1. The van der Waals surface area contributed by atoms with E-state index in [-0.39, 0.29) is 0 Å². The van der Waals surface area contributed by atoms with Crippen molar-refractivity contribution in [3.63, 3.8) is 0 Å². The highest BCUT2D eigenvalue weighted by molar-refractivity contribution is 4.99. The fourth-order valence-corrected chi connectivity index (χ4v) is 1.72. The zero-order valence-electron chi connectivity index (χ0n) is 6.01. The lowest BCUT2D eigenvalue weighted by Crippen LogP contribution is -2.22. The molecule has 0 radical (unpaired) electrons. The molecular formula is C8H12N2. The molecule has 2 rings (SSSR count). The summed E-state index contributed by atoms with van der Waals surface area (Å²) in [5.41, 5.74) is 0. The molecule has 1 N–H and O–H groups in total. The maximum atomic E-state index is 8.60. The number of hydrogen-bond acceptors (Lipinski definition) is 2. The van der Waals surface area contributed by atoms with Gasteiger partial charge >= 0.3 is 0 Å². The van der Waals surface area contributed by atoms with E-state index in [0.29, 0.717) is 12.0 Å². The number of nitrogens with zero attached hydrogens (tertiary/aromatic N) is 1. The molecule has 2 fully saturated rings. The molecule has 0 aromatic carbocycles. The van der Waals surface area contributed by atoms with Gasteiger partial charge in [-0.15, -0.1) is 0 Å². The Hall–Kier alpha value is -0.550. The SMILES string of the molecule is N#CC1CNC(C2CC2)C1. The summed E-state index contributed by atoms with van der Waals surface area (Å²) in [6, 6.07) is 3.00. The minimum absolute atomic E-state index is 0.297. The quantitative estimate of drug-likeness (QED) is 0.581. The highest BCUT2D eigenvalue weighted by Gasteiger charge is 2.36.